The lowest BCUT2D eigenvalue weighted by atomic mass is 10.2. The fraction of sp³-hybridized carbons (Fsp3) is 0.889. The highest BCUT2D eigenvalue weighted by atomic mass is 15.1. The molecule has 0 saturated heterocycles. The van der Waals surface area contributed by atoms with Gasteiger partial charge in [-0.3, -0.25) is 4.99 Å². The molecular weight excluding hydrogens is 150 g/mol. The van der Waals surface area contributed by atoms with Crippen molar-refractivity contribution in [3.8, 4) is 0 Å². The number of hydrogen-bond donors (Lipinski definition) is 1. The number of hydrogen-bond acceptors (Lipinski definition) is 2. The minimum absolute atomic E-state index is 0.354. The molecule has 3 heteroatoms. The van der Waals surface area contributed by atoms with E-state index in [-0.39, 0.29) is 0 Å². The largest absolute Gasteiger partial charge is 0.387 e. The van der Waals surface area contributed by atoms with Crippen LogP contribution in [-0.2, 0) is 0 Å². The molecule has 0 heterocycles. The van der Waals surface area contributed by atoms with Gasteiger partial charge in [-0.1, -0.05) is 6.92 Å². The van der Waals surface area contributed by atoms with E-state index in [9.17, 15) is 0 Å². The predicted molar refractivity (Wildman–Crippen MR) is 54.5 cm³/mol. The maximum absolute atomic E-state index is 5.62. The van der Waals surface area contributed by atoms with Crippen LogP contribution in [0.2, 0.25) is 0 Å². The van der Waals surface area contributed by atoms with Crippen LogP contribution in [0.15, 0.2) is 4.99 Å². The Morgan fingerprint density at radius 2 is 2.08 bits per heavy atom. The van der Waals surface area contributed by atoms with E-state index in [1.165, 1.54) is 0 Å². The number of rotatable bonds is 5. The third kappa shape index (κ3) is 6.16. The molecule has 3 nitrogen and oxygen atoms in total. The topological polar surface area (TPSA) is 41.6 Å². The van der Waals surface area contributed by atoms with Gasteiger partial charge in [-0.15, -0.1) is 0 Å². The van der Waals surface area contributed by atoms with Crippen molar-refractivity contribution in [2.24, 2.45) is 10.7 Å². The van der Waals surface area contributed by atoms with Crippen molar-refractivity contribution >= 4 is 5.84 Å². The molecule has 0 aromatic heterocycles. The average Bonchev–Trinajstić information content (AvgIpc) is 2.00. The number of aliphatic imine (C=N–C) groups is 1. The summed E-state index contributed by atoms with van der Waals surface area (Å²) in [5.41, 5.74) is 5.62. The van der Waals surface area contributed by atoms with E-state index in [1.54, 1.807) is 0 Å². The first-order valence-electron chi connectivity index (χ1n) is 4.53. The fourth-order valence-electron chi connectivity index (χ4n) is 0.884. The molecular formula is C9H21N3. The molecule has 1 unspecified atom stereocenters. The lowest BCUT2D eigenvalue weighted by Crippen LogP contribution is -2.19. The highest BCUT2D eigenvalue weighted by Gasteiger charge is 2.00. The Kier molecular flexibility index (Phi) is 5.72. The van der Waals surface area contributed by atoms with Gasteiger partial charge in [0.25, 0.3) is 0 Å². The summed E-state index contributed by atoms with van der Waals surface area (Å²) < 4.78 is 0. The van der Waals surface area contributed by atoms with Crippen molar-refractivity contribution < 1.29 is 0 Å². The maximum atomic E-state index is 5.62. The minimum atomic E-state index is 0.354. The van der Waals surface area contributed by atoms with Gasteiger partial charge < -0.3 is 10.6 Å². The molecule has 0 bridgehead atoms. The molecule has 1 atom stereocenters. The van der Waals surface area contributed by atoms with Crippen LogP contribution in [-0.4, -0.2) is 37.4 Å². The van der Waals surface area contributed by atoms with Crippen LogP contribution in [0.25, 0.3) is 0 Å². The summed E-state index contributed by atoms with van der Waals surface area (Å²) in [4.78, 5) is 6.50. The Labute approximate surface area is 75.7 Å². The predicted octanol–water partition coefficient (Wildman–Crippen LogP) is 1.09. The van der Waals surface area contributed by atoms with Crippen LogP contribution < -0.4 is 5.73 Å². The SMILES string of the molecule is CCC(N)=NC(C)CCN(C)C. The third-order valence-corrected chi connectivity index (χ3v) is 1.74. The minimum Gasteiger partial charge on any atom is -0.387 e. The van der Waals surface area contributed by atoms with E-state index in [1.807, 2.05) is 6.92 Å². The Morgan fingerprint density at radius 1 is 1.50 bits per heavy atom. The summed E-state index contributed by atoms with van der Waals surface area (Å²) >= 11 is 0. The molecule has 0 radical (unpaired) electrons. The monoisotopic (exact) mass is 171 g/mol. The summed E-state index contributed by atoms with van der Waals surface area (Å²) in [5.74, 6) is 0.765. The standard InChI is InChI=1S/C9H21N3/c1-5-9(10)11-8(2)6-7-12(3)4/h8H,5-7H2,1-4H3,(H2,10,11). The molecule has 0 aromatic carbocycles. The molecule has 0 aliphatic carbocycles. The molecule has 72 valence electrons. The second kappa shape index (κ2) is 6.00. The van der Waals surface area contributed by atoms with Crippen LogP contribution in [0.1, 0.15) is 26.7 Å². The molecule has 0 spiro atoms. The molecule has 2 N–H and O–H groups in total. The van der Waals surface area contributed by atoms with Crippen molar-refractivity contribution in [3.63, 3.8) is 0 Å². The first-order chi connectivity index (χ1) is 5.56. The first-order valence-corrected chi connectivity index (χ1v) is 4.53. The summed E-state index contributed by atoms with van der Waals surface area (Å²) in [6.45, 7) is 5.20. The molecule has 12 heavy (non-hydrogen) atoms. The Morgan fingerprint density at radius 3 is 2.50 bits per heavy atom. The Bertz CT molecular complexity index is 141. The van der Waals surface area contributed by atoms with Crippen LogP contribution in [0.5, 0.6) is 0 Å². The van der Waals surface area contributed by atoms with Crippen molar-refractivity contribution in [1.29, 1.82) is 0 Å². The van der Waals surface area contributed by atoms with Crippen LogP contribution >= 0.6 is 0 Å². The van der Waals surface area contributed by atoms with E-state index >= 15 is 0 Å². The quantitative estimate of drug-likeness (QED) is 0.497. The normalized spacial score (nSPS) is 15.2. The first kappa shape index (κ1) is 11.4. The van der Waals surface area contributed by atoms with Gasteiger partial charge >= 0.3 is 0 Å². The van der Waals surface area contributed by atoms with Crippen LogP contribution in [0, 0.1) is 0 Å². The van der Waals surface area contributed by atoms with E-state index in [2.05, 4.69) is 30.9 Å². The molecule has 0 aliphatic heterocycles. The average molecular weight is 171 g/mol. The van der Waals surface area contributed by atoms with Crippen LogP contribution in [0.3, 0.4) is 0 Å². The van der Waals surface area contributed by atoms with Gasteiger partial charge in [0.2, 0.25) is 0 Å². The smallest absolute Gasteiger partial charge is 0.0937 e. The van der Waals surface area contributed by atoms with E-state index < -0.39 is 0 Å². The lowest BCUT2D eigenvalue weighted by Gasteiger charge is -2.12. The summed E-state index contributed by atoms with van der Waals surface area (Å²) in [7, 11) is 4.14. The van der Waals surface area contributed by atoms with Gasteiger partial charge in [-0.2, -0.15) is 0 Å². The zero-order valence-electron chi connectivity index (χ0n) is 8.67. The van der Waals surface area contributed by atoms with E-state index in [0.29, 0.717) is 6.04 Å². The van der Waals surface area contributed by atoms with E-state index in [0.717, 1.165) is 25.2 Å². The molecule has 0 saturated carbocycles. The Balaban J connectivity index is 3.65. The highest BCUT2D eigenvalue weighted by molar-refractivity contribution is 5.80. The Hall–Kier alpha value is -0.570. The molecule has 0 aromatic rings. The van der Waals surface area contributed by atoms with Gasteiger partial charge in [0.15, 0.2) is 0 Å². The molecule has 0 rings (SSSR count). The summed E-state index contributed by atoms with van der Waals surface area (Å²) in [6, 6.07) is 0.354. The summed E-state index contributed by atoms with van der Waals surface area (Å²) in [5, 5.41) is 0. The van der Waals surface area contributed by atoms with Crippen molar-refractivity contribution in [2.45, 2.75) is 32.7 Å². The lowest BCUT2D eigenvalue weighted by molar-refractivity contribution is 0.386. The number of nitrogens with two attached hydrogens (primary N) is 1. The highest BCUT2D eigenvalue weighted by Crippen LogP contribution is 1.98. The molecule has 0 amide bonds. The molecule has 0 aliphatic rings. The van der Waals surface area contributed by atoms with Crippen molar-refractivity contribution in [1.82, 2.24) is 4.90 Å². The zero-order valence-corrected chi connectivity index (χ0v) is 8.67. The second-order valence-electron chi connectivity index (χ2n) is 3.41. The maximum Gasteiger partial charge on any atom is 0.0937 e. The van der Waals surface area contributed by atoms with Crippen molar-refractivity contribution in [2.75, 3.05) is 20.6 Å². The molecule has 0 fully saturated rings. The zero-order chi connectivity index (χ0) is 9.56. The van der Waals surface area contributed by atoms with Gasteiger partial charge in [0.1, 0.15) is 0 Å². The number of nitrogens with zero attached hydrogens (tertiary/aromatic N) is 2. The van der Waals surface area contributed by atoms with Crippen LogP contribution in [0.4, 0.5) is 0 Å². The van der Waals surface area contributed by atoms with Crippen molar-refractivity contribution in [3.05, 3.63) is 0 Å². The van der Waals surface area contributed by atoms with Gasteiger partial charge in [-0.05, 0) is 34.0 Å². The summed E-state index contributed by atoms with van der Waals surface area (Å²) in [6.07, 6.45) is 1.93. The third-order valence-electron chi connectivity index (χ3n) is 1.74. The fourth-order valence-corrected chi connectivity index (χ4v) is 0.884. The second-order valence-corrected chi connectivity index (χ2v) is 3.41. The van der Waals surface area contributed by atoms with Gasteiger partial charge in [-0.25, -0.2) is 0 Å². The van der Waals surface area contributed by atoms with Gasteiger partial charge in [0, 0.05) is 6.42 Å². The van der Waals surface area contributed by atoms with Gasteiger partial charge in [0.05, 0.1) is 11.9 Å². The van der Waals surface area contributed by atoms with E-state index in [4.69, 9.17) is 5.73 Å². The number of amidine groups is 1.